The van der Waals surface area contributed by atoms with Crippen molar-refractivity contribution in [1.29, 1.82) is 0 Å². The molecule has 1 amide bonds. The molecule has 1 aliphatic rings. The molecule has 8 nitrogen and oxygen atoms in total. The van der Waals surface area contributed by atoms with E-state index in [1.165, 1.54) is 13.8 Å². The van der Waals surface area contributed by atoms with Crippen molar-refractivity contribution in [3.05, 3.63) is 60.7 Å². The maximum absolute atomic E-state index is 11.6. The molecule has 0 aliphatic carbocycles. The molecule has 0 saturated carbocycles. The highest BCUT2D eigenvalue weighted by atomic mass is 16.6. The standard InChI is InChI=1S/C26H34N4O4/c1-20(30-14-12-29(13-15-30)16-17-33-18-19-34-22(3)32)23-8-4-5-9-24(23)28-26-11-7-6-10-25(26)27-21(2)31/h4-11,28H,1,12-19H2,2-3H3,(H,27,31). The number of carbonyl (C=O) groups is 2. The molecule has 3 rings (SSSR count). The monoisotopic (exact) mass is 466 g/mol. The van der Waals surface area contributed by atoms with Crippen molar-refractivity contribution >= 4 is 34.6 Å². The third-order valence-electron chi connectivity index (χ3n) is 5.58. The first-order valence-electron chi connectivity index (χ1n) is 11.5. The number of amides is 1. The number of carbonyl (C=O) groups excluding carboxylic acids is 2. The zero-order valence-corrected chi connectivity index (χ0v) is 20.0. The summed E-state index contributed by atoms with van der Waals surface area (Å²) in [6, 6.07) is 15.7. The first kappa shape index (κ1) is 25.3. The van der Waals surface area contributed by atoms with E-state index in [1.807, 2.05) is 42.5 Å². The predicted octanol–water partition coefficient (Wildman–Crippen LogP) is 3.56. The van der Waals surface area contributed by atoms with E-state index in [0.29, 0.717) is 19.8 Å². The summed E-state index contributed by atoms with van der Waals surface area (Å²) in [7, 11) is 0. The molecule has 1 aliphatic heterocycles. The van der Waals surface area contributed by atoms with Crippen LogP contribution in [0.25, 0.3) is 5.70 Å². The Morgan fingerprint density at radius 2 is 1.53 bits per heavy atom. The third kappa shape index (κ3) is 7.60. The number of nitrogens with zero attached hydrogens (tertiary/aromatic N) is 2. The summed E-state index contributed by atoms with van der Waals surface area (Å²) in [5.74, 6) is -0.395. The van der Waals surface area contributed by atoms with E-state index >= 15 is 0 Å². The van der Waals surface area contributed by atoms with Crippen LogP contribution in [0, 0.1) is 0 Å². The van der Waals surface area contributed by atoms with Gasteiger partial charge in [-0.3, -0.25) is 14.5 Å². The van der Waals surface area contributed by atoms with Crippen LogP contribution in [0.15, 0.2) is 55.1 Å². The Morgan fingerprint density at radius 1 is 0.882 bits per heavy atom. The van der Waals surface area contributed by atoms with Gasteiger partial charge in [0, 0.05) is 63.5 Å². The van der Waals surface area contributed by atoms with E-state index in [2.05, 4.69) is 33.1 Å². The maximum Gasteiger partial charge on any atom is 0.302 e. The average molecular weight is 467 g/mol. The fourth-order valence-corrected chi connectivity index (χ4v) is 3.83. The molecule has 0 unspecified atom stereocenters. The second kappa shape index (κ2) is 12.8. The zero-order valence-electron chi connectivity index (χ0n) is 20.0. The van der Waals surface area contributed by atoms with Crippen LogP contribution in [-0.2, 0) is 19.1 Å². The van der Waals surface area contributed by atoms with Gasteiger partial charge in [-0.25, -0.2) is 0 Å². The normalized spacial score (nSPS) is 13.9. The minimum atomic E-state index is -0.284. The van der Waals surface area contributed by atoms with Crippen LogP contribution in [0.4, 0.5) is 17.1 Å². The Kier molecular flexibility index (Phi) is 9.49. The summed E-state index contributed by atoms with van der Waals surface area (Å²) in [5.41, 5.74) is 4.50. The first-order chi connectivity index (χ1) is 16.4. The van der Waals surface area contributed by atoms with Crippen LogP contribution in [0.2, 0.25) is 0 Å². The van der Waals surface area contributed by atoms with E-state index in [4.69, 9.17) is 9.47 Å². The lowest BCUT2D eigenvalue weighted by Crippen LogP contribution is -2.46. The SMILES string of the molecule is C=C(c1ccccc1Nc1ccccc1NC(C)=O)N1CCN(CCOCCOC(C)=O)CC1. The molecule has 0 aromatic heterocycles. The maximum atomic E-state index is 11.6. The minimum absolute atomic E-state index is 0.111. The third-order valence-corrected chi connectivity index (χ3v) is 5.58. The van der Waals surface area contributed by atoms with E-state index in [-0.39, 0.29) is 11.9 Å². The van der Waals surface area contributed by atoms with Crippen molar-refractivity contribution in [2.75, 3.05) is 63.2 Å². The van der Waals surface area contributed by atoms with Crippen LogP contribution in [0.5, 0.6) is 0 Å². The number of nitrogens with one attached hydrogen (secondary N) is 2. The van der Waals surface area contributed by atoms with Crippen molar-refractivity contribution in [1.82, 2.24) is 9.80 Å². The summed E-state index contributed by atoms with van der Waals surface area (Å²) in [4.78, 5) is 27.0. The van der Waals surface area contributed by atoms with Gasteiger partial charge in [0.2, 0.25) is 5.91 Å². The van der Waals surface area contributed by atoms with Crippen LogP contribution >= 0.6 is 0 Å². The van der Waals surface area contributed by atoms with E-state index in [1.54, 1.807) is 0 Å². The fraction of sp³-hybridized carbons (Fsp3) is 0.385. The molecule has 2 aromatic rings. The van der Waals surface area contributed by atoms with E-state index < -0.39 is 0 Å². The second-order valence-corrected chi connectivity index (χ2v) is 8.13. The summed E-state index contributed by atoms with van der Waals surface area (Å²) in [5, 5.41) is 6.34. The van der Waals surface area contributed by atoms with Gasteiger partial charge in [-0.1, -0.05) is 36.9 Å². The Hall–Kier alpha value is -3.36. The molecule has 0 spiro atoms. The summed E-state index contributed by atoms with van der Waals surface area (Å²) < 4.78 is 10.4. The fourth-order valence-electron chi connectivity index (χ4n) is 3.83. The van der Waals surface area contributed by atoms with Crippen LogP contribution in [-0.4, -0.2) is 74.2 Å². The van der Waals surface area contributed by atoms with Crippen molar-refractivity contribution in [2.45, 2.75) is 13.8 Å². The summed E-state index contributed by atoms with van der Waals surface area (Å²) in [6.45, 7) is 13.1. The molecule has 34 heavy (non-hydrogen) atoms. The van der Waals surface area contributed by atoms with Crippen LogP contribution in [0.3, 0.4) is 0 Å². The molecule has 2 aromatic carbocycles. The molecule has 1 fully saturated rings. The zero-order chi connectivity index (χ0) is 24.3. The molecule has 182 valence electrons. The number of anilines is 3. The number of esters is 1. The van der Waals surface area contributed by atoms with Gasteiger partial charge in [-0.2, -0.15) is 0 Å². The number of ether oxygens (including phenoxy) is 2. The quantitative estimate of drug-likeness (QED) is 0.387. The van der Waals surface area contributed by atoms with Gasteiger partial charge in [-0.15, -0.1) is 0 Å². The van der Waals surface area contributed by atoms with Gasteiger partial charge in [0.25, 0.3) is 0 Å². The average Bonchev–Trinajstić information content (AvgIpc) is 2.82. The lowest BCUT2D eigenvalue weighted by atomic mass is 10.1. The minimum Gasteiger partial charge on any atom is -0.463 e. The van der Waals surface area contributed by atoms with Gasteiger partial charge in [0.1, 0.15) is 6.61 Å². The van der Waals surface area contributed by atoms with Gasteiger partial charge < -0.3 is 25.0 Å². The van der Waals surface area contributed by atoms with Crippen molar-refractivity contribution in [3.8, 4) is 0 Å². The Morgan fingerprint density at radius 3 is 2.21 bits per heavy atom. The second-order valence-electron chi connectivity index (χ2n) is 8.13. The number of hydrogen-bond donors (Lipinski definition) is 2. The lowest BCUT2D eigenvalue weighted by molar-refractivity contribution is -0.142. The first-order valence-corrected chi connectivity index (χ1v) is 11.5. The van der Waals surface area contributed by atoms with Crippen molar-refractivity contribution < 1.29 is 19.1 Å². The Balaban J connectivity index is 1.54. The number of hydrogen-bond acceptors (Lipinski definition) is 7. The summed E-state index contributed by atoms with van der Waals surface area (Å²) in [6.07, 6.45) is 0. The highest BCUT2D eigenvalue weighted by Crippen LogP contribution is 2.31. The Labute approximate surface area is 201 Å². The smallest absolute Gasteiger partial charge is 0.302 e. The number of para-hydroxylation sites is 3. The molecule has 0 atom stereocenters. The van der Waals surface area contributed by atoms with Crippen LogP contribution in [0.1, 0.15) is 19.4 Å². The van der Waals surface area contributed by atoms with E-state index in [0.717, 1.165) is 61.0 Å². The summed E-state index contributed by atoms with van der Waals surface area (Å²) >= 11 is 0. The molecular formula is C26H34N4O4. The number of benzene rings is 2. The van der Waals surface area contributed by atoms with Crippen LogP contribution < -0.4 is 10.6 Å². The van der Waals surface area contributed by atoms with Gasteiger partial charge in [0.05, 0.1) is 24.6 Å². The molecule has 1 saturated heterocycles. The van der Waals surface area contributed by atoms with Crippen molar-refractivity contribution in [3.63, 3.8) is 0 Å². The molecule has 1 heterocycles. The highest BCUT2D eigenvalue weighted by Gasteiger charge is 2.20. The molecule has 2 N–H and O–H groups in total. The lowest BCUT2D eigenvalue weighted by Gasteiger charge is -2.37. The van der Waals surface area contributed by atoms with Gasteiger partial charge in [-0.05, 0) is 18.2 Å². The predicted molar refractivity (Wildman–Crippen MR) is 135 cm³/mol. The number of rotatable bonds is 11. The van der Waals surface area contributed by atoms with E-state index in [9.17, 15) is 9.59 Å². The molecule has 8 heteroatoms. The Bertz CT molecular complexity index is 986. The molecular weight excluding hydrogens is 432 g/mol. The highest BCUT2D eigenvalue weighted by molar-refractivity contribution is 5.93. The molecule has 0 bridgehead atoms. The largest absolute Gasteiger partial charge is 0.463 e. The van der Waals surface area contributed by atoms with Gasteiger partial charge in [0.15, 0.2) is 0 Å². The molecule has 0 radical (unpaired) electrons. The topological polar surface area (TPSA) is 83.1 Å². The van der Waals surface area contributed by atoms with Crippen molar-refractivity contribution in [2.24, 2.45) is 0 Å². The number of piperazine rings is 1. The van der Waals surface area contributed by atoms with Gasteiger partial charge >= 0.3 is 5.97 Å².